The number of hydrogen-bond acceptors (Lipinski definition) is 4. The summed E-state index contributed by atoms with van der Waals surface area (Å²) in [6, 6.07) is 15.1. The van der Waals surface area contributed by atoms with Crippen LogP contribution in [0.15, 0.2) is 53.4 Å². The van der Waals surface area contributed by atoms with Crippen LogP contribution >= 0.6 is 11.6 Å². The minimum Gasteiger partial charge on any atom is -0.339 e. The summed E-state index contributed by atoms with van der Waals surface area (Å²) in [6.45, 7) is 3.02. The SMILES string of the molecule is CCC(=O)N(CCc1cccc(S(C)(=O)=O)c1)C1CCC(CN)(c2cccc(Cl)c2)CC1. The first-order valence-electron chi connectivity index (χ1n) is 11.2. The molecule has 1 aliphatic carbocycles. The predicted octanol–water partition coefficient (Wildman–Crippen LogP) is 4.36. The van der Waals surface area contributed by atoms with Gasteiger partial charge in [-0.05, 0) is 67.5 Å². The van der Waals surface area contributed by atoms with Gasteiger partial charge in [-0.25, -0.2) is 8.42 Å². The number of amides is 1. The van der Waals surface area contributed by atoms with Gasteiger partial charge < -0.3 is 10.6 Å². The molecule has 0 unspecified atom stereocenters. The number of hydrogen-bond donors (Lipinski definition) is 1. The van der Waals surface area contributed by atoms with Gasteiger partial charge in [0.15, 0.2) is 9.84 Å². The van der Waals surface area contributed by atoms with Crippen LogP contribution in [0.5, 0.6) is 0 Å². The molecule has 2 aromatic rings. The average Bonchev–Trinajstić information content (AvgIpc) is 2.79. The molecule has 0 saturated heterocycles. The van der Waals surface area contributed by atoms with Crippen molar-refractivity contribution in [3.8, 4) is 0 Å². The fourth-order valence-electron chi connectivity index (χ4n) is 4.79. The summed E-state index contributed by atoms with van der Waals surface area (Å²) in [5, 5.41) is 0.719. The lowest BCUT2D eigenvalue weighted by atomic mass is 9.68. The van der Waals surface area contributed by atoms with E-state index in [1.54, 1.807) is 18.2 Å². The molecule has 0 heterocycles. The Morgan fingerprint density at radius 3 is 2.44 bits per heavy atom. The Labute approximate surface area is 196 Å². The van der Waals surface area contributed by atoms with Crippen molar-refractivity contribution in [2.24, 2.45) is 5.73 Å². The molecular weight excluding hydrogens is 444 g/mol. The van der Waals surface area contributed by atoms with E-state index >= 15 is 0 Å². The van der Waals surface area contributed by atoms with Crippen LogP contribution in [0.2, 0.25) is 5.02 Å². The van der Waals surface area contributed by atoms with Crippen molar-refractivity contribution >= 4 is 27.3 Å². The zero-order chi connectivity index (χ0) is 23.4. The molecule has 1 amide bonds. The van der Waals surface area contributed by atoms with Gasteiger partial charge in [-0.3, -0.25) is 4.79 Å². The molecule has 1 aliphatic rings. The first-order chi connectivity index (χ1) is 15.2. The molecule has 5 nitrogen and oxygen atoms in total. The molecule has 32 heavy (non-hydrogen) atoms. The van der Waals surface area contributed by atoms with Crippen LogP contribution in [0.4, 0.5) is 0 Å². The van der Waals surface area contributed by atoms with Crippen molar-refractivity contribution in [1.82, 2.24) is 4.90 Å². The second kappa shape index (κ2) is 10.4. The Morgan fingerprint density at radius 1 is 1.16 bits per heavy atom. The maximum atomic E-state index is 12.8. The molecule has 3 rings (SSSR count). The molecule has 2 N–H and O–H groups in total. The monoisotopic (exact) mass is 476 g/mol. The van der Waals surface area contributed by atoms with Crippen LogP contribution in [-0.4, -0.2) is 44.6 Å². The number of carbonyl (C=O) groups is 1. The van der Waals surface area contributed by atoms with E-state index in [0.717, 1.165) is 36.3 Å². The number of rotatable bonds is 8. The molecular formula is C25H33ClN2O3S. The molecule has 0 aliphatic heterocycles. The lowest BCUT2D eigenvalue weighted by molar-refractivity contribution is -0.134. The smallest absolute Gasteiger partial charge is 0.222 e. The maximum Gasteiger partial charge on any atom is 0.222 e. The van der Waals surface area contributed by atoms with E-state index in [4.69, 9.17) is 17.3 Å². The van der Waals surface area contributed by atoms with Gasteiger partial charge in [0.1, 0.15) is 0 Å². The van der Waals surface area contributed by atoms with Crippen molar-refractivity contribution in [2.75, 3.05) is 19.3 Å². The van der Waals surface area contributed by atoms with E-state index in [1.807, 2.05) is 36.1 Å². The topological polar surface area (TPSA) is 80.5 Å². The van der Waals surface area contributed by atoms with Gasteiger partial charge in [-0.1, -0.05) is 42.8 Å². The normalized spacial score (nSPS) is 21.3. The summed E-state index contributed by atoms with van der Waals surface area (Å²) < 4.78 is 23.7. The number of nitrogens with zero attached hydrogens (tertiary/aromatic N) is 1. The molecule has 174 valence electrons. The summed E-state index contributed by atoms with van der Waals surface area (Å²) >= 11 is 6.23. The van der Waals surface area contributed by atoms with Gasteiger partial charge in [-0.2, -0.15) is 0 Å². The third-order valence-corrected chi connectivity index (χ3v) is 8.12. The molecule has 0 spiro atoms. The van der Waals surface area contributed by atoms with Gasteiger partial charge in [0.2, 0.25) is 5.91 Å². The largest absolute Gasteiger partial charge is 0.339 e. The standard InChI is InChI=1S/C25H33ClN2O3S/c1-3-24(29)28(15-12-19-6-4-9-23(16-19)32(2,30)31)22-10-13-25(18-27,14-11-22)20-7-5-8-21(26)17-20/h4-9,16-17,22H,3,10-15,18,27H2,1-2H3. The highest BCUT2D eigenvalue weighted by Gasteiger charge is 2.38. The fourth-order valence-corrected chi connectivity index (χ4v) is 5.67. The van der Waals surface area contributed by atoms with Gasteiger partial charge in [-0.15, -0.1) is 0 Å². The number of benzene rings is 2. The van der Waals surface area contributed by atoms with Crippen LogP contribution in [0, 0.1) is 0 Å². The first-order valence-corrected chi connectivity index (χ1v) is 13.5. The maximum absolute atomic E-state index is 12.8. The predicted molar refractivity (Wildman–Crippen MR) is 130 cm³/mol. The number of sulfone groups is 1. The Morgan fingerprint density at radius 2 is 1.84 bits per heavy atom. The molecule has 0 bridgehead atoms. The van der Waals surface area contributed by atoms with Crippen LogP contribution in [0.1, 0.15) is 50.2 Å². The second-order valence-corrected chi connectivity index (χ2v) is 11.3. The third-order valence-electron chi connectivity index (χ3n) is 6.77. The van der Waals surface area contributed by atoms with E-state index in [2.05, 4.69) is 6.07 Å². The number of halogens is 1. The first kappa shape index (κ1) is 24.7. The second-order valence-electron chi connectivity index (χ2n) is 8.84. The highest BCUT2D eigenvalue weighted by atomic mass is 35.5. The number of nitrogens with two attached hydrogens (primary N) is 1. The summed E-state index contributed by atoms with van der Waals surface area (Å²) in [4.78, 5) is 15.1. The summed E-state index contributed by atoms with van der Waals surface area (Å²) in [6.07, 6.45) is 5.89. The van der Waals surface area contributed by atoms with Crippen molar-refractivity contribution in [1.29, 1.82) is 0 Å². The molecule has 0 atom stereocenters. The van der Waals surface area contributed by atoms with E-state index in [9.17, 15) is 13.2 Å². The Bertz CT molecular complexity index is 1050. The minimum absolute atomic E-state index is 0.105. The summed E-state index contributed by atoms with van der Waals surface area (Å²) in [7, 11) is -3.25. The Balaban J connectivity index is 1.72. The van der Waals surface area contributed by atoms with Crippen LogP contribution in [-0.2, 0) is 26.5 Å². The number of carbonyl (C=O) groups excluding carboxylic acids is 1. The van der Waals surface area contributed by atoms with Gasteiger partial charge in [0.05, 0.1) is 4.90 Å². The van der Waals surface area contributed by atoms with Crippen molar-refractivity contribution in [3.05, 3.63) is 64.7 Å². The van der Waals surface area contributed by atoms with Crippen molar-refractivity contribution < 1.29 is 13.2 Å². The third kappa shape index (κ3) is 5.72. The van der Waals surface area contributed by atoms with E-state index in [0.29, 0.717) is 30.8 Å². The average molecular weight is 477 g/mol. The zero-order valence-corrected chi connectivity index (χ0v) is 20.5. The highest BCUT2D eigenvalue weighted by molar-refractivity contribution is 7.90. The van der Waals surface area contributed by atoms with Gasteiger partial charge in [0.25, 0.3) is 0 Å². The summed E-state index contributed by atoms with van der Waals surface area (Å²) in [5.74, 6) is 0.136. The van der Waals surface area contributed by atoms with E-state index < -0.39 is 9.84 Å². The van der Waals surface area contributed by atoms with Crippen LogP contribution in [0.25, 0.3) is 0 Å². The van der Waals surface area contributed by atoms with Crippen LogP contribution < -0.4 is 5.73 Å². The lowest BCUT2D eigenvalue weighted by Crippen LogP contribution is -2.48. The molecule has 0 aromatic heterocycles. The van der Waals surface area contributed by atoms with Crippen molar-refractivity contribution in [2.45, 2.75) is 61.8 Å². The summed E-state index contributed by atoms with van der Waals surface area (Å²) in [5.41, 5.74) is 8.24. The minimum atomic E-state index is -3.25. The Kier molecular flexibility index (Phi) is 8.01. The molecule has 0 radical (unpaired) electrons. The molecule has 1 saturated carbocycles. The highest BCUT2D eigenvalue weighted by Crippen LogP contribution is 2.41. The Hall–Kier alpha value is -1.89. The van der Waals surface area contributed by atoms with Crippen LogP contribution in [0.3, 0.4) is 0 Å². The van der Waals surface area contributed by atoms with Gasteiger partial charge in [0, 0.05) is 42.2 Å². The fraction of sp³-hybridized carbons (Fsp3) is 0.480. The van der Waals surface area contributed by atoms with E-state index in [-0.39, 0.29) is 17.4 Å². The zero-order valence-electron chi connectivity index (χ0n) is 18.9. The molecule has 7 heteroatoms. The van der Waals surface area contributed by atoms with Crippen molar-refractivity contribution in [3.63, 3.8) is 0 Å². The lowest BCUT2D eigenvalue weighted by Gasteiger charge is -2.43. The molecule has 1 fully saturated rings. The van der Waals surface area contributed by atoms with Gasteiger partial charge >= 0.3 is 0 Å². The van der Waals surface area contributed by atoms with E-state index in [1.165, 1.54) is 11.8 Å². The molecule has 2 aromatic carbocycles. The quantitative estimate of drug-likeness (QED) is 0.613.